The summed E-state index contributed by atoms with van der Waals surface area (Å²) in [4.78, 5) is 16.8. The van der Waals surface area contributed by atoms with E-state index in [-0.39, 0.29) is 5.69 Å². The van der Waals surface area contributed by atoms with Crippen molar-refractivity contribution in [1.82, 2.24) is 4.98 Å². The van der Waals surface area contributed by atoms with Crippen LogP contribution in [0.1, 0.15) is 11.1 Å². The number of aryl methyl sites for hydroxylation is 1. The molecule has 1 heterocycles. The number of nitrogens with zero attached hydrogens (tertiary/aromatic N) is 3. The predicted octanol–water partition coefficient (Wildman–Crippen LogP) is 2.98. The quantitative estimate of drug-likeness (QED) is 0.676. The molecule has 1 aromatic carbocycles. The van der Waals surface area contributed by atoms with Gasteiger partial charge in [0.25, 0.3) is 0 Å². The molecule has 2 aromatic rings. The van der Waals surface area contributed by atoms with Crippen molar-refractivity contribution < 1.29 is 4.92 Å². The van der Waals surface area contributed by atoms with Gasteiger partial charge in [0, 0.05) is 26.7 Å². The molecule has 21 heavy (non-hydrogen) atoms. The van der Waals surface area contributed by atoms with Crippen molar-refractivity contribution in [2.45, 2.75) is 13.5 Å². The fourth-order valence-electron chi connectivity index (χ4n) is 2.16. The number of aromatic nitrogens is 1. The number of nitro groups is 1. The summed E-state index contributed by atoms with van der Waals surface area (Å²) in [6.07, 6.45) is 0. The van der Waals surface area contributed by atoms with Gasteiger partial charge in [-0.25, -0.2) is 4.98 Å². The summed E-state index contributed by atoms with van der Waals surface area (Å²) >= 11 is 0. The molecule has 0 radical (unpaired) electrons. The zero-order valence-electron chi connectivity index (χ0n) is 12.3. The number of nitrogens with one attached hydrogen (secondary N) is 1. The third kappa shape index (κ3) is 3.47. The highest BCUT2D eigenvalue weighted by atomic mass is 16.6. The zero-order valence-corrected chi connectivity index (χ0v) is 12.3. The molecule has 110 valence electrons. The second-order valence-corrected chi connectivity index (χ2v) is 4.89. The SMILES string of the molecule is CNc1ccc([N+](=O)[O-])c(N(C)Cc2cccc(C)c2)n1. The maximum Gasteiger partial charge on any atom is 0.311 e. The van der Waals surface area contributed by atoms with Crippen molar-refractivity contribution in [1.29, 1.82) is 0 Å². The summed E-state index contributed by atoms with van der Waals surface area (Å²) in [6, 6.07) is 11.1. The second-order valence-electron chi connectivity index (χ2n) is 4.89. The van der Waals surface area contributed by atoms with E-state index in [1.807, 2.05) is 25.1 Å². The van der Waals surface area contributed by atoms with Gasteiger partial charge >= 0.3 is 5.69 Å². The van der Waals surface area contributed by atoms with Crippen molar-refractivity contribution in [2.24, 2.45) is 0 Å². The van der Waals surface area contributed by atoms with Crippen molar-refractivity contribution >= 4 is 17.3 Å². The maximum atomic E-state index is 11.2. The van der Waals surface area contributed by atoms with Crippen LogP contribution in [0.5, 0.6) is 0 Å². The first kappa shape index (κ1) is 14.8. The van der Waals surface area contributed by atoms with Gasteiger partial charge in [0.2, 0.25) is 5.82 Å². The number of hydrogen-bond acceptors (Lipinski definition) is 5. The Morgan fingerprint density at radius 2 is 2.10 bits per heavy atom. The molecular weight excluding hydrogens is 268 g/mol. The summed E-state index contributed by atoms with van der Waals surface area (Å²) in [5, 5.41) is 14.1. The highest BCUT2D eigenvalue weighted by Gasteiger charge is 2.19. The lowest BCUT2D eigenvalue weighted by Gasteiger charge is -2.19. The Morgan fingerprint density at radius 3 is 2.71 bits per heavy atom. The Kier molecular flexibility index (Phi) is 4.37. The summed E-state index contributed by atoms with van der Waals surface area (Å²) in [7, 11) is 3.54. The highest BCUT2D eigenvalue weighted by Crippen LogP contribution is 2.27. The van der Waals surface area contributed by atoms with Crippen molar-refractivity contribution in [3.8, 4) is 0 Å². The van der Waals surface area contributed by atoms with Gasteiger partial charge < -0.3 is 10.2 Å². The third-order valence-electron chi connectivity index (χ3n) is 3.17. The van der Waals surface area contributed by atoms with E-state index in [0.29, 0.717) is 18.2 Å². The normalized spacial score (nSPS) is 10.2. The molecule has 0 aliphatic rings. The lowest BCUT2D eigenvalue weighted by molar-refractivity contribution is -0.384. The number of rotatable bonds is 5. The maximum absolute atomic E-state index is 11.2. The number of pyridine rings is 1. The van der Waals surface area contributed by atoms with E-state index in [2.05, 4.69) is 16.4 Å². The summed E-state index contributed by atoms with van der Waals surface area (Å²) in [6.45, 7) is 2.58. The monoisotopic (exact) mass is 286 g/mol. The lowest BCUT2D eigenvalue weighted by atomic mass is 10.1. The third-order valence-corrected chi connectivity index (χ3v) is 3.17. The van der Waals surface area contributed by atoms with Crippen LogP contribution in [0.2, 0.25) is 0 Å². The molecule has 0 fully saturated rings. The minimum atomic E-state index is -0.408. The Balaban J connectivity index is 2.33. The van der Waals surface area contributed by atoms with Crippen LogP contribution < -0.4 is 10.2 Å². The standard InChI is InChI=1S/C15H18N4O2/c1-11-5-4-6-12(9-11)10-18(3)15-13(19(20)21)7-8-14(16-2)17-15/h4-9H,10H2,1-3H3,(H,16,17). The predicted molar refractivity (Wildman–Crippen MR) is 83.7 cm³/mol. The van der Waals surface area contributed by atoms with Gasteiger partial charge in [-0.2, -0.15) is 0 Å². The molecular formula is C15H18N4O2. The molecule has 0 unspecified atom stereocenters. The highest BCUT2D eigenvalue weighted by molar-refractivity contribution is 5.61. The van der Waals surface area contributed by atoms with E-state index in [1.54, 1.807) is 25.1 Å². The fourth-order valence-corrected chi connectivity index (χ4v) is 2.16. The number of benzene rings is 1. The van der Waals surface area contributed by atoms with Crippen LogP contribution >= 0.6 is 0 Å². The van der Waals surface area contributed by atoms with E-state index in [0.717, 1.165) is 11.1 Å². The average Bonchev–Trinajstić information content (AvgIpc) is 2.46. The smallest absolute Gasteiger partial charge is 0.311 e. The van der Waals surface area contributed by atoms with Crippen LogP contribution in [0.25, 0.3) is 0 Å². The van der Waals surface area contributed by atoms with Gasteiger partial charge in [0.1, 0.15) is 5.82 Å². The molecule has 0 saturated carbocycles. The van der Waals surface area contributed by atoms with Gasteiger partial charge in [-0.05, 0) is 18.6 Å². The van der Waals surface area contributed by atoms with Crippen LogP contribution in [0.15, 0.2) is 36.4 Å². The van der Waals surface area contributed by atoms with Crippen molar-refractivity contribution in [3.63, 3.8) is 0 Å². The topological polar surface area (TPSA) is 71.3 Å². The minimum absolute atomic E-state index is 0.00385. The molecule has 0 spiro atoms. The molecule has 0 saturated heterocycles. The molecule has 6 nitrogen and oxygen atoms in total. The summed E-state index contributed by atoms with van der Waals surface area (Å²) in [5.41, 5.74) is 2.25. The molecule has 0 atom stereocenters. The lowest BCUT2D eigenvalue weighted by Crippen LogP contribution is -2.19. The average molecular weight is 286 g/mol. The second kappa shape index (κ2) is 6.21. The fraction of sp³-hybridized carbons (Fsp3) is 0.267. The van der Waals surface area contributed by atoms with Gasteiger partial charge in [-0.3, -0.25) is 10.1 Å². The summed E-state index contributed by atoms with van der Waals surface area (Å²) < 4.78 is 0. The van der Waals surface area contributed by atoms with Gasteiger partial charge in [0.15, 0.2) is 0 Å². The Hall–Kier alpha value is -2.63. The largest absolute Gasteiger partial charge is 0.373 e. The Morgan fingerprint density at radius 1 is 1.33 bits per heavy atom. The zero-order chi connectivity index (χ0) is 15.4. The van der Waals surface area contributed by atoms with Crippen LogP contribution in [0.3, 0.4) is 0 Å². The Labute approximate surface area is 123 Å². The molecule has 0 aliphatic carbocycles. The van der Waals surface area contributed by atoms with E-state index < -0.39 is 4.92 Å². The van der Waals surface area contributed by atoms with Gasteiger partial charge in [-0.1, -0.05) is 29.8 Å². The van der Waals surface area contributed by atoms with Crippen molar-refractivity contribution in [2.75, 3.05) is 24.3 Å². The van der Waals surface area contributed by atoms with Crippen LogP contribution in [0, 0.1) is 17.0 Å². The van der Waals surface area contributed by atoms with E-state index >= 15 is 0 Å². The van der Waals surface area contributed by atoms with Crippen LogP contribution in [-0.2, 0) is 6.54 Å². The molecule has 1 N–H and O–H groups in total. The van der Waals surface area contributed by atoms with Crippen LogP contribution in [0.4, 0.5) is 17.3 Å². The molecule has 2 rings (SSSR count). The number of anilines is 2. The minimum Gasteiger partial charge on any atom is -0.373 e. The Bertz CT molecular complexity index is 658. The molecule has 0 aliphatic heterocycles. The van der Waals surface area contributed by atoms with E-state index in [4.69, 9.17) is 0 Å². The first-order valence-corrected chi connectivity index (χ1v) is 6.61. The molecule has 6 heteroatoms. The van der Waals surface area contributed by atoms with Gasteiger partial charge in [-0.15, -0.1) is 0 Å². The van der Waals surface area contributed by atoms with Crippen LogP contribution in [-0.4, -0.2) is 24.0 Å². The molecule has 1 aromatic heterocycles. The first-order chi connectivity index (χ1) is 10.0. The van der Waals surface area contributed by atoms with E-state index in [1.165, 1.54) is 6.07 Å². The van der Waals surface area contributed by atoms with Gasteiger partial charge in [0.05, 0.1) is 4.92 Å². The number of hydrogen-bond donors (Lipinski definition) is 1. The van der Waals surface area contributed by atoms with Crippen molar-refractivity contribution in [3.05, 3.63) is 57.6 Å². The first-order valence-electron chi connectivity index (χ1n) is 6.61. The molecule has 0 amide bonds. The van der Waals surface area contributed by atoms with E-state index in [9.17, 15) is 10.1 Å². The summed E-state index contributed by atoms with van der Waals surface area (Å²) in [5.74, 6) is 0.958. The molecule has 0 bridgehead atoms.